The van der Waals surface area contributed by atoms with Gasteiger partial charge in [-0.1, -0.05) is 23.7 Å². The molecule has 0 spiro atoms. The Hall–Kier alpha value is -2.27. The normalized spacial score (nSPS) is 27.0. The second kappa shape index (κ2) is 8.10. The number of nitrogens with zero attached hydrogens (tertiary/aromatic N) is 3. The molecule has 3 aliphatic rings. The Morgan fingerprint density at radius 1 is 1.10 bits per heavy atom. The van der Waals surface area contributed by atoms with Gasteiger partial charge in [0.05, 0.1) is 12.5 Å². The fourth-order valence-corrected chi connectivity index (χ4v) is 5.87. The minimum atomic E-state index is -0.0423. The predicted octanol–water partition coefficient (Wildman–Crippen LogP) is 3.98. The Bertz CT molecular complexity index is 911. The molecule has 1 aromatic carbocycles. The van der Waals surface area contributed by atoms with Crippen LogP contribution < -0.4 is 0 Å². The first-order valence-corrected chi connectivity index (χ1v) is 11.4. The van der Waals surface area contributed by atoms with E-state index >= 15 is 0 Å². The summed E-state index contributed by atoms with van der Waals surface area (Å²) >= 11 is 6.08. The highest BCUT2D eigenvalue weighted by Gasteiger charge is 2.44. The lowest BCUT2D eigenvalue weighted by Crippen LogP contribution is -2.61. The number of benzene rings is 1. The van der Waals surface area contributed by atoms with Crippen molar-refractivity contribution >= 4 is 23.4 Å². The molecule has 6 heteroatoms. The first-order chi connectivity index (χ1) is 14.6. The molecule has 158 valence electrons. The number of hydrogen-bond acceptors (Lipinski definition) is 2. The zero-order valence-corrected chi connectivity index (χ0v) is 17.9. The lowest BCUT2D eigenvalue weighted by molar-refractivity contribution is -0.148. The van der Waals surface area contributed by atoms with E-state index in [-0.39, 0.29) is 11.9 Å². The Kier molecular flexibility index (Phi) is 5.32. The standard InChI is InChI=1S/C24H28ClN3O2/c25-20-8-6-18(7-9-20)22(26-10-1-2-11-26)13-24(30)27-14-17-12-19(16-27)21-4-3-5-23(29)28(21)15-17/h1-2,6-11,17,19,21-22H,3-5,12-16H2/t17-,19+,21?,22?/m1/s1. The van der Waals surface area contributed by atoms with Crippen LogP contribution in [0.15, 0.2) is 48.8 Å². The molecule has 3 fully saturated rings. The molecule has 30 heavy (non-hydrogen) atoms. The van der Waals surface area contributed by atoms with Gasteiger partial charge in [-0.25, -0.2) is 0 Å². The number of likely N-dealkylation sites (tertiary alicyclic amines) is 1. The lowest BCUT2D eigenvalue weighted by Gasteiger charge is -2.52. The molecule has 3 aliphatic heterocycles. The van der Waals surface area contributed by atoms with Crippen molar-refractivity contribution in [3.05, 3.63) is 59.4 Å². The van der Waals surface area contributed by atoms with Gasteiger partial charge >= 0.3 is 0 Å². The molecule has 5 nitrogen and oxygen atoms in total. The van der Waals surface area contributed by atoms with E-state index < -0.39 is 0 Å². The van der Waals surface area contributed by atoms with Gasteiger partial charge in [0, 0.05) is 49.5 Å². The maximum absolute atomic E-state index is 13.4. The molecule has 1 aromatic heterocycles. The Balaban J connectivity index is 1.33. The summed E-state index contributed by atoms with van der Waals surface area (Å²) in [5.74, 6) is 1.35. The van der Waals surface area contributed by atoms with Crippen LogP contribution in [0.4, 0.5) is 0 Å². The maximum atomic E-state index is 13.4. The van der Waals surface area contributed by atoms with Gasteiger partial charge in [0.15, 0.2) is 0 Å². The Morgan fingerprint density at radius 3 is 2.63 bits per heavy atom. The minimum absolute atomic E-state index is 0.0423. The van der Waals surface area contributed by atoms with Crippen molar-refractivity contribution in [2.75, 3.05) is 19.6 Å². The van der Waals surface area contributed by atoms with Crippen LogP contribution >= 0.6 is 11.6 Å². The number of fused-ring (bicyclic) bond motifs is 4. The minimum Gasteiger partial charge on any atom is -0.346 e. The van der Waals surface area contributed by atoms with Crippen molar-refractivity contribution in [3.63, 3.8) is 0 Å². The quantitative estimate of drug-likeness (QED) is 0.743. The molecule has 2 bridgehead atoms. The number of piperidine rings is 3. The van der Waals surface area contributed by atoms with Gasteiger partial charge in [-0.3, -0.25) is 9.59 Å². The summed E-state index contributed by atoms with van der Waals surface area (Å²) in [6.45, 7) is 2.37. The van der Waals surface area contributed by atoms with Crippen LogP contribution in [0.5, 0.6) is 0 Å². The van der Waals surface area contributed by atoms with E-state index in [2.05, 4.69) is 14.4 Å². The summed E-state index contributed by atoms with van der Waals surface area (Å²) in [5.41, 5.74) is 1.09. The number of aromatic nitrogens is 1. The number of halogens is 1. The van der Waals surface area contributed by atoms with Gasteiger partial charge in [0.2, 0.25) is 11.8 Å². The predicted molar refractivity (Wildman–Crippen MR) is 116 cm³/mol. The van der Waals surface area contributed by atoms with Crippen molar-refractivity contribution in [2.45, 2.75) is 44.2 Å². The number of carbonyl (C=O) groups excluding carboxylic acids is 2. The van der Waals surface area contributed by atoms with Crippen LogP contribution in [0.25, 0.3) is 0 Å². The van der Waals surface area contributed by atoms with Crippen molar-refractivity contribution in [1.82, 2.24) is 14.4 Å². The van der Waals surface area contributed by atoms with Crippen molar-refractivity contribution < 1.29 is 9.59 Å². The fraction of sp³-hybridized carbons (Fsp3) is 0.500. The smallest absolute Gasteiger partial charge is 0.225 e. The molecule has 0 radical (unpaired) electrons. The van der Waals surface area contributed by atoms with Crippen molar-refractivity contribution in [3.8, 4) is 0 Å². The monoisotopic (exact) mass is 425 g/mol. The van der Waals surface area contributed by atoms with E-state index in [1.165, 1.54) is 0 Å². The summed E-state index contributed by atoms with van der Waals surface area (Å²) in [4.78, 5) is 30.0. The highest BCUT2D eigenvalue weighted by Crippen LogP contribution is 2.38. The Labute approximate surface area is 182 Å². The number of hydrogen-bond donors (Lipinski definition) is 0. The summed E-state index contributed by atoms with van der Waals surface area (Å²) in [6, 6.07) is 12.1. The summed E-state index contributed by atoms with van der Waals surface area (Å²) in [7, 11) is 0. The van der Waals surface area contributed by atoms with Gasteiger partial charge in [-0.2, -0.15) is 0 Å². The third kappa shape index (κ3) is 3.76. The van der Waals surface area contributed by atoms with Crippen LogP contribution in [0.2, 0.25) is 5.02 Å². The molecule has 0 saturated carbocycles. The first kappa shape index (κ1) is 19.7. The molecule has 0 aliphatic carbocycles. The number of rotatable bonds is 4. The highest BCUT2D eigenvalue weighted by molar-refractivity contribution is 6.30. The zero-order chi connectivity index (χ0) is 20.7. The molecule has 3 saturated heterocycles. The lowest BCUT2D eigenvalue weighted by atomic mass is 9.76. The van der Waals surface area contributed by atoms with Gasteiger partial charge in [-0.15, -0.1) is 0 Å². The average molecular weight is 426 g/mol. The molecular weight excluding hydrogens is 398 g/mol. The van der Waals surface area contributed by atoms with Crippen LogP contribution in [-0.4, -0.2) is 51.9 Å². The van der Waals surface area contributed by atoms with Crippen molar-refractivity contribution in [1.29, 1.82) is 0 Å². The molecule has 4 heterocycles. The fourth-order valence-electron chi connectivity index (χ4n) is 5.74. The van der Waals surface area contributed by atoms with E-state index in [0.717, 1.165) is 44.5 Å². The van der Waals surface area contributed by atoms with Gasteiger partial charge in [0.25, 0.3) is 0 Å². The molecule has 2 amide bonds. The average Bonchev–Trinajstić information content (AvgIpc) is 3.28. The summed E-state index contributed by atoms with van der Waals surface area (Å²) in [6.07, 6.45) is 8.38. The second-order valence-corrected chi connectivity index (χ2v) is 9.50. The third-order valence-electron chi connectivity index (χ3n) is 7.14. The second-order valence-electron chi connectivity index (χ2n) is 9.07. The molecule has 5 rings (SSSR count). The third-order valence-corrected chi connectivity index (χ3v) is 7.39. The van der Waals surface area contributed by atoms with Gasteiger partial charge < -0.3 is 14.4 Å². The summed E-state index contributed by atoms with van der Waals surface area (Å²) < 4.78 is 2.10. The van der Waals surface area contributed by atoms with Crippen LogP contribution in [0.1, 0.15) is 43.7 Å². The van der Waals surface area contributed by atoms with Gasteiger partial charge in [0.1, 0.15) is 0 Å². The van der Waals surface area contributed by atoms with Crippen LogP contribution in [-0.2, 0) is 9.59 Å². The van der Waals surface area contributed by atoms with Crippen LogP contribution in [0.3, 0.4) is 0 Å². The molecule has 4 atom stereocenters. The van der Waals surface area contributed by atoms with Crippen LogP contribution in [0, 0.1) is 11.8 Å². The Morgan fingerprint density at radius 2 is 1.87 bits per heavy atom. The zero-order valence-electron chi connectivity index (χ0n) is 17.1. The van der Waals surface area contributed by atoms with Gasteiger partial charge in [-0.05, 0) is 60.9 Å². The SMILES string of the molecule is O=C(CC(c1ccc(Cl)cc1)n1cccc1)N1C[C@H]2C[C@@H](C1)C1CCCC(=O)N1C2. The largest absolute Gasteiger partial charge is 0.346 e. The molecular formula is C24H28ClN3O2. The first-order valence-electron chi connectivity index (χ1n) is 11.0. The van der Waals surface area contributed by atoms with E-state index in [1.807, 2.05) is 48.8 Å². The molecule has 2 aromatic rings. The van der Waals surface area contributed by atoms with E-state index in [1.54, 1.807) is 0 Å². The topological polar surface area (TPSA) is 45.6 Å². The molecule has 0 N–H and O–H groups in total. The molecule has 2 unspecified atom stereocenters. The number of amides is 2. The van der Waals surface area contributed by atoms with E-state index in [0.29, 0.717) is 41.6 Å². The maximum Gasteiger partial charge on any atom is 0.225 e. The highest BCUT2D eigenvalue weighted by atomic mass is 35.5. The number of carbonyl (C=O) groups is 2. The summed E-state index contributed by atoms with van der Waals surface area (Å²) in [5, 5.41) is 0.701. The van der Waals surface area contributed by atoms with E-state index in [9.17, 15) is 9.59 Å². The van der Waals surface area contributed by atoms with E-state index in [4.69, 9.17) is 11.6 Å². The van der Waals surface area contributed by atoms with Crippen molar-refractivity contribution in [2.24, 2.45) is 11.8 Å².